The molecule has 2 rings (SSSR count). The van der Waals surface area contributed by atoms with Gasteiger partial charge in [-0.2, -0.15) is 0 Å². The Balaban J connectivity index is 0.00000162. The Morgan fingerprint density at radius 2 is 2.17 bits per heavy atom. The molecule has 0 bridgehead atoms. The summed E-state index contributed by atoms with van der Waals surface area (Å²) in [6, 6.07) is 0. The van der Waals surface area contributed by atoms with Crippen LogP contribution in [0.5, 0.6) is 0 Å². The summed E-state index contributed by atoms with van der Waals surface area (Å²) in [7, 11) is 0. The molecular formula is C15H31ClN2. The normalized spacial score (nSPS) is 33.7. The summed E-state index contributed by atoms with van der Waals surface area (Å²) in [6.07, 6.45) is 5.66. The maximum Gasteiger partial charge on any atom is 0.00481 e. The van der Waals surface area contributed by atoms with Crippen LogP contribution < -0.4 is 5.32 Å². The fourth-order valence-electron chi connectivity index (χ4n) is 3.70. The van der Waals surface area contributed by atoms with Crippen LogP contribution in [0.15, 0.2) is 0 Å². The lowest BCUT2D eigenvalue weighted by molar-refractivity contribution is 0.112. The third kappa shape index (κ3) is 4.71. The van der Waals surface area contributed by atoms with Gasteiger partial charge >= 0.3 is 0 Å². The molecule has 0 saturated carbocycles. The van der Waals surface area contributed by atoms with Crippen molar-refractivity contribution < 1.29 is 0 Å². The largest absolute Gasteiger partial charge is 0.316 e. The van der Waals surface area contributed by atoms with Crippen molar-refractivity contribution in [1.29, 1.82) is 0 Å². The fraction of sp³-hybridized carbons (Fsp3) is 1.00. The van der Waals surface area contributed by atoms with Gasteiger partial charge in [0.05, 0.1) is 0 Å². The smallest absolute Gasteiger partial charge is 0.00481 e. The lowest BCUT2D eigenvalue weighted by atomic mass is 9.85. The molecule has 0 aliphatic carbocycles. The van der Waals surface area contributed by atoms with Crippen LogP contribution in [0.3, 0.4) is 0 Å². The minimum absolute atomic E-state index is 0. The zero-order valence-corrected chi connectivity index (χ0v) is 13.2. The van der Waals surface area contributed by atoms with E-state index in [1.165, 1.54) is 58.4 Å². The molecule has 0 aromatic carbocycles. The van der Waals surface area contributed by atoms with Gasteiger partial charge in [0.15, 0.2) is 0 Å². The van der Waals surface area contributed by atoms with Crippen molar-refractivity contribution in [1.82, 2.24) is 10.2 Å². The van der Waals surface area contributed by atoms with E-state index in [-0.39, 0.29) is 12.4 Å². The number of hydrogen-bond acceptors (Lipinski definition) is 2. The van der Waals surface area contributed by atoms with Crippen LogP contribution in [0.2, 0.25) is 0 Å². The van der Waals surface area contributed by atoms with Crippen molar-refractivity contribution in [3.8, 4) is 0 Å². The van der Waals surface area contributed by atoms with Gasteiger partial charge in [0, 0.05) is 19.6 Å². The van der Waals surface area contributed by atoms with Crippen molar-refractivity contribution >= 4 is 12.4 Å². The molecule has 0 aromatic heterocycles. The van der Waals surface area contributed by atoms with Crippen LogP contribution in [0.1, 0.15) is 46.5 Å². The fourth-order valence-corrected chi connectivity index (χ4v) is 3.70. The molecular weight excluding hydrogens is 244 g/mol. The van der Waals surface area contributed by atoms with E-state index >= 15 is 0 Å². The van der Waals surface area contributed by atoms with E-state index in [4.69, 9.17) is 0 Å². The Morgan fingerprint density at radius 1 is 1.39 bits per heavy atom. The second-order valence-electron chi connectivity index (χ2n) is 7.11. The van der Waals surface area contributed by atoms with Gasteiger partial charge in [0.2, 0.25) is 0 Å². The number of piperidine rings is 1. The SMILES string of the molecule is CC(C)CC1CCCN(CC2(C)CCNC2)C1.Cl. The number of nitrogens with zero attached hydrogens (tertiary/aromatic N) is 1. The highest BCUT2D eigenvalue weighted by Gasteiger charge is 2.32. The summed E-state index contributed by atoms with van der Waals surface area (Å²) in [6.45, 7) is 13.6. The molecule has 108 valence electrons. The summed E-state index contributed by atoms with van der Waals surface area (Å²) in [5.41, 5.74) is 0.541. The second-order valence-corrected chi connectivity index (χ2v) is 7.11. The van der Waals surface area contributed by atoms with E-state index in [2.05, 4.69) is 31.0 Å². The monoisotopic (exact) mass is 274 g/mol. The summed E-state index contributed by atoms with van der Waals surface area (Å²) >= 11 is 0. The quantitative estimate of drug-likeness (QED) is 0.847. The van der Waals surface area contributed by atoms with Crippen molar-refractivity contribution in [3.05, 3.63) is 0 Å². The van der Waals surface area contributed by atoms with Crippen LogP contribution in [0.4, 0.5) is 0 Å². The molecule has 2 saturated heterocycles. The molecule has 3 heteroatoms. The Kier molecular flexibility index (Phi) is 6.43. The zero-order chi connectivity index (χ0) is 12.3. The predicted octanol–water partition coefficient (Wildman–Crippen LogP) is 3.17. The lowest BCUT2D eigenvalue weighted by Gasteiger charge is -2.38. The minimum atomic E-state index is 0. The first-order valence-electron chi connectivity index (χ1n) is 7.50. The molecule has 0 spiro atoms. The van der Waals surface area contributed by atoms with E-state index in [1.54, 1.807) is 0 Å². The summed E-state index contributed by atoms with van der Waals surface area (Å²) < 4.78 is 0. The zero-order valence-electron chi connectivity index (χ0n) is 12.4. The van der Waals surface area contributed by atoms with E-state index < -0.39 is 0 Å². The van der Waals surface area contributed by atoms with Crippen molar-refractivity contribution in [2.24, 2.45) is 17.3 Å². The number of halogens is 1. The number of rotatable bonds is 4. The number of hydrogen-bond donors (Lipinski definition) is 1. The average molecular weight is 275 g/mol. The molecule has 0 radical (unpaired) electrons. The van der Waals surface area contributed by atoms with Gasteiger partial charge in [-0.05, 0) is 56.0 Å². The maximum atomic E-state index is 3.52. The van der Waals surface area contributed by atoms with Gasteiger partial charge in [-0.15, -0.1) is 12.4 Å². The molecule has 2 heterocycles. The van der Waals surface area contributed by atoms with Crippen molar-refractivity contribution in [2.75, 3.05) is 32.7 Å². The molecule has 0 aromatic rings. The van der Waals surface area contributed by atoms with Crippen LogP contribution in [0.25, 0.3) is 0 Å². The highest BCUT2D eigenvalue weighted by Crippen LogP contribution is 2.29. The molecule has 2 aliphatic heterocycles. The van der Waals surface area contributed by atoms with Gasteiger partial charge in [-0.1, -0.05) is 20.8 Å². The molecule has 2 aliphatic rings. The van der Waals surface area contributed by atoms with E-state index in [0.29, 0.717) is 5.41 Å². The molecule has 0 amide bonds. The Hall–Kier alpha value is 0.210. The third-order valence-electron chi connectivity index (χ3n) is 4.47. The first-order valence-corrected chi connectivity index (χ1v) is 7.50. The lowest BCUT2D eigenvalue weighted by Crippen LogP contribution is -2.43. The summed E-state index contributed by atoms with van der Waals surface area (Å²) in [5.74, 6) is 1.82. The Bertz CT molecular complexity index is 237. The van der Waals surface area contributed by atoms with Gasteiger partial charge in [0.1, 0.15) is 0 Å². The number of nitrogens with one attached hydrogen (secondary N) is 1. The Labute approximate surface area is 119 Å². The van der Waals surface area contributed by atoms with Gasteiger partial charge < -0.3 is 10.2 Å². The molecule has 2 unspecified atom stereocenters. The topological polar surface area (TPSA) is 15.3 Å². The number of likely N-dealkylation sites (tertiary alicyclic amines) is 1. The molecule has 2 atom stereocenters. The molecule has 2 fully saturated rings. The van der Waals surface area contributed by atoms with Crippen LogP contribution in [-0.2, 0) is 0 Å². The standard InChI is InChI=1S/C15H30N2.ClH/c1-13(2)9-14-5-4-8-17(10-14)12-15(3)6-7-16-11-15;/h13-14,16H,4-12H2,1-3H3;1H. The maximum absolute atomic E-state index is 3.52. The first-order chi connectivity index (χ1) is 8.07. The third-order valence-corrected chi connectivity index (χ3v) is 4.47. The van der Waals surface area contributed by atoms with Crippen molar-refractivity contribution in [2.45, 2.75) is 46.5 Å². The van der Waals surface area contributed by atoms with Gasteiger partial charge in [-0.3, -0.25) is 0 Å². The molecule has 1 N–H and O–H groups in total. The molecule has 2 nitrogen and oxygen atoms in total. The molecule has 18 heavy (non-hydrogen) atoms. The van der Waals surface area contributed by atoms with E-state index in [0.717, 1.165) is 11.8 Å². The van der Waals surface area contributed by atoms with E-state index in [1.807, 2.05) is 0 Å². The minimum Gasteiger partial charge on any atom is -0.316 e. The van der Waals surface area contributed by atoms with Gasteiger partial charge in [0.25, 0.3) is 0 Å². The first kappa shape index (κ1) is 16.3. The summed E-state index contributed by atoms with van der Waals surface area (Å²) in [5, 5.41) is 3.52. The average Bonchev–Trinajstić information content (AvgIpc) is 2.64. The van der Waals surface area contributed by atoms with Gasteiger partial charge in [-0.25, -0.2) is 0 Å². The van der Waals surface area contributed by atoms with Crippen LogP contribution in [0, 0.1) is 17.3 Å². The van der Waals surface area contributed by atoms with E-state index in [9.17, 15) is 0 Å². The highest BCUT2D eigenvalue weighted by molar-refractivity contribution is 5.85. The highest BCUT2D eigenvalue weighted by atomic mass is 35.5. The predicted molar refractivity (Wildman–Crippen MR) is 81.5 cm³/mol. The van der Waals surface area contributed by atoms with Crippen LogP contribution in [-0.4, -0.2) is 37.6 Å². The van der Waals surface area contributed by atoms with Crippen LogP contribution >= 0.6 is 12.4 Å². The second kappa shape index (κ2) is 7.12. The Morgan fingerprint density at radius 3 is 2.78 bits per heavy atom. The summed E-state index contributed by atoms with van der Waals surface area (Å²) in [4.78, 5) is 2.74. The van der Waals surface area contributed by atoms with Crippen molar-refractivity contribution in [3.63, 3.8) is 0 Å².